The van der Waals surface area contributed by atoms with Gasteiger partial charge < -0.3 is 16.0 Å². The van der Waals surface area contributed by atoms with Gasteiger partial charge in [-0.1, -0.05) is 6.07 Å². The summed E-state index contributed by atoms with van der Waals surface area (Å²) in [6.45, 7) is 7.49. The summed E-state index contributed by atoms with van der Waals surface area (Å²) in [7, 11) is 0. The average molecular weight is 293 g/mol. The second-order valence-corrected chi connectivity index (χ2v) is 6.64. The predicted octanol–water partition coefficient (Wildman–Crippen LogP) is 2.17. The largest absolute Gasteiger partial charge is 0.368 e. The fourth-order valence-corrected chi connectivity index (χ4v) is 2.61. The van der Waals surface area contributed by atoms with E-state index >= 15 is 0 Å². The summed E-state index contributed by atoms with van der Waals surface area (Å²) in [5, 5.41) is 3.33. The summed E-state index contributed by atoms with van der Waals surface area (Å²) in [5.74, 6) is -0.679. The minimum absolute atomic E-state index is 0.0127. The first-order valence-electron chi connectivity index (χ1n) is 7.37. The molecule has 4 nitrogen and oxygen atoms in total. The monoisotopic (exact) mass is 293 g/mol. The highest BCUT2D eigenvalue weighted by atomic mass is 19.1. The highest BCUT2D eigenvalue weighted by Gasteiger charge is 2.30. The zero-order chi connectivity index (χ0) is 15.6. The topological polar surface area (TPSA) is 58.4 Å². The molecule has 1 aromatic rings. The van der Waals surface area contributed by atoms with Crippen molar-refractivity contribution in [2.45, 2.75) is 51.7 Å². The zero-order valence-corrected chi connectivity index (χ0v) is 12.9. The maximum atomic E-state index is 14.3. The van der Waals surface area contributed by atoms with Crippen LogP contribution in [0, 0.1) is 5.82 Å². The second-order valence-electron chi connectivity index (χ2n) is 6.64. The molecule has 0 radical (unpaired) electrons. The Labute approximate surface area is 125 Å². The Hall–Kier alpha value is -1.62. The van der Waals surface area contributed by atoms with Crippen LogP contribution in [-0.4, -0.2) is 24.0 Å². The highest BCUT2D eigenvalue weighted by Crippen LogP contribution is 2.28. The number of carbonyl (C=O) groups excluding carboxylic acids is 1. The van der Waals surface area contributed by atoms with Gasteiger partial charge in [0, 0.05) is 18.6 Å². The standard InChI is InChI=1S/C16H24FN3O/c1-16(2,3)19-10-11-6-7-13(12(17)9-11)20-8-4-5-14(20)15(18)21/h6-7,9,14,19H,4-5,8,10H2,1-3H3,(H2,18,21). The van der Waals surface area contributed by atoms with E-state index in [0.29, 0.717) is 25.2 Å². The van der Waals surface area contributed by atoms with Crippen LogP contribution in [0.2, 0.25) is 0 Å². The molecule has 1 aliphatic heterocycles. The van der Waals surface area contributed by atoms with Gasteiger partial charge in [0.1, 0.15) is 11.9 Å². The number of carbonyl (C=O) groups is 1. The molecule has 0 aliphatic carbocycles. The molecule has 0 spiro atoms. The number of benzene rings is 1. The number of hydrogen-bond acceptors (Lipinski definition) is 3. The molecule has 3 N–H and O–H groups in total. The molecule has 2 rings (SSSR count). The number of halogens is 1. The molecule has 116 valence electrons. The van der Waals surface area contributed by atoms with Gasteiger partial charge >= 0.3 is 0 Å². The maximum Gasteiger partial charge on any atom is 0.240 e. The molecular formula is C16H24FN3O. The van der Waals surface area contributed by atoms with Crippen molar-refractivity contribution >= 4 is 11.6 Å². The number of amides is 1. The van der Waals surface area contributed by atoms with E-state index in [0.717, 1.165) is 12.0 Å². The smallest absolute Gasteiger partial charge is 0.240 e. The third kappa shape index (κ3) is 3.94. The number of anilines is 1. The van der Waals surface area contributed by atoms with E-state index in [-0.39, 0.29) is 17.3 Å². The molecule has 1 unspecified atom stereocenters. The molecule has 1 aliphatic rings. The average Bonchev–Trinajstić information content (AvgIpc) is 2.84. The minimum Gasteiger partial charge on any atom is -0.368 e. The van der Waals surface area contributed by atoms with Gasteiger partial charge in [0.2, 0.25) is 5.91 Å². The van der Waals surface area contributed by atoms with Gasteiger partial charge in [-0.05, 0) is 51.3 Å². The number of nitrogens with one attached hydrogen (secondary N) is 1. The second kappa shape index (κ2) is 6.02. The van der Waals surface area contributed by atoms with Crippen LogP contribution in [0.1, 0.15) is 39.2 Å². The van der Waals surface area contributed by atoms with Crippen molar-refractivity contribution in [3.63, 3.8) is 0 Å². The lowest BCUT2D eigenvalue weighted by atomic mass is 10.1. The first-order valence-corrected chi connectivity index (χ1v) is 7.37. The fourth-order valence-electron chi connectivity index (χ4n) is 2.61. The molecule has 1 aromatic carbocycles. The summed E-state index contributed by atoms with van der Waals surface area (Å²) >= 11 is 0. The molecule has 0 saturated carbocycles. The Morgan fingerprint density at radius 3 is 2.76 bits per heavy atom. The van der Waals surface area contributed by atoms with E-state index in [1.54, 1.807) is 11.0 Å². The first-order chi connectivity index (χ1) is 9.78. The van der Waals surface area contributed by atoms with E-state index in [1.807, 2.05) is 6.07 Å². The molecule has 1 fully saturated rings. The summed E-state index contributed by atoms with van der Waals surface area (Å²) in [5.41, 5.74) is 6.73. The lowest BCUT2D eigenvalue weighted by molar-refractivity contribution is -0.119. The number of primary amides is 1. The molecule has 5 heteroatoms. The van der Waals surface area contributed by atoms with Crippen LogP contribution < -0.4 is 16.0 Å². The minimum atomic E-state index is -0.391. The Bertz CT molecular complexity index is 525. The van der Waals surface area contributed by atoms with E-state index in [4.69, 9.17) is 5.73 Å². The predicted molar refractivity (Wildman–Crippen MR) is 82.6 cm³/mol. The third-order valence-corrected chi connectivity index (χ3v) is 3.73. The van der Waals surface area contributed by atoms with E-state index in [1.165, 1.54) is 6.07 Å². The number of nitrogens with zero attached hydrogens (tertiary/aromatic N) is 1. The van der Waals surface area contributed by atoms with Crippen molar-refractivity contribution in [2.75, 3.05) is 11.4 Å². The first kappa shape index (κ1) is 15.8. The number of nitrogens with two attached hydrogens (primary N) is 1. The molecule has 1 amide bonds. The summed E-state index contributed by atoms with van der Waals surface area (Å²) in [6.07, 6.45) is 1.56. The summed E-state index contributed by atoms with van der Waals surface area (Å²) in [4.78, 5) is 13.2. The van der Waals surface area contributed by atoms with E-state index in [2.05, 4.69) is 26.1 Å². The van der Waals surface area contributed by atoms with Crippen molar-refractivity contribution in [1.29, 1.82) is 0 Å². The van der Waals surface area contributed by atoms with Crippen LogP contribution in [0.4, 0.5) is 10.1 Å². The molecule has 1 heterocycles. The quantitative estimate of drug-likeness (QED) is 0.894. The van der Waals surface area contributed by atoms with Crippen LogP contribution in [0.5, 0.6) is 0 Å². The lowest BCUT2D eigenvalue weighted by Gasteiger charge is -2.25. The molecular weight excluding hydrogens is 269 g/mol. The maximum absolute atomic E-state index is 14.3. The Balaban J connectivity index is 2.14. The van der Waals surface area contributed by atoms with Crippen LogP contribution in [0.25, 0.3) is 0 Å². The van der Waals surface area contributed by atoms with Crippen LogP contribution in [0.3, 0.4) is 0 Å². The van der Waals surface area contributed by atoms with Crippen LogP contribution >= 0.6 is 0 Å². The number of rotatable bonds is 4. The SMILES string of the molecule is CC(C)(C)NCc1ccc(N2CCCC2C(N)=O)c(F)c1. The van der Waals surface area contributed by atoms with Gasteiger partial charge in [-0.3, -0.25) is 4.79 Å². The molecule has 21 heavy (non-hydrogen) atoms. The third-order valence-electron chi connectivity index (χ3n) is 3.73. The van der Waals surface area contributed by atoms with Gasteiger partial charge in [-0.25, -0.2) is 4.39 Å². The zero-order valence-electron chi connectivity index (χ0n) is 12.9. The Morgan fingerprint density at radius 2 is 2.19 bits per heavy atom. The van der Waals surface area contributed by atoms with Crippen LogP contribution in [-0.2, 0) is 11.3 Å². The van der Waals surface area contributed by atoms with E-state index in [9.17, 15) is 9.18 Å². The highest BCUT2D eigenvalue weighted by molar-refractivity contribution is 5.84. The van der Waals surface area contributed by atoms with Crippen molar-refractivity contribution in [1.82, 2.24) is 5.32 Å². The van der Waals surface area contributed by atoms with Crippen molar-refractivity contribution in [3.8, 4) is 0 Å². The molecule has 1 saturated heterocycles. The van der Waals surface area contributed by atoms with Gasteiger partial charge in [-0.2, -0.15) is 0 Å². The van der Waals surface area contributed by atoms with Gasteiger partial charge in [0.15, 0.2) is 0 Å². The Morgan fingerprint density at radius 1 is 1.48 bits per heavy atom. The van der Waals surface area contributed by atoms with Crippen molar-refractivity contribution in [3.05, 3.63) is 29.6 Å². The number of hydrogen-bond donors (Lipinski definition) is 2. The fraction of sp³-hybridized carbons (Fsp3) is 0.562. The summed E-state index contributed by atoms with van der Waals surface area (Å²) in [6, 6.07) is 4.78. The van der Waals surface area contributed by atoms with Gasteiger partial charge in [0.05, 0.1) is 5.69 Å². The van der Waals surface area contributed by atoms with Crippen LogP contribution in [0.15, 0.2) is 18.2 Å². The molecule has 0 bridgehead atoms. The lowest BCUT2D eigenvalue weighted by Crippen LogP contribution is -2.40. The van der Waals surface area contributed by atoms with Crippen molar-refractivity contribution < 1.29 is 9.18 Å². The molecule has 0 aromatic heterocycles. The van der Waals surface area contributed by atoms with Gasteiger partial charge in [0.25, 0.3) is 0 Å². The summed E-state index contributed by atoms with van der Waals surface area (Å²) < 4.78 is 14.3. The molecule has 1 atom stereocenters. The Kier molecular flexibility index (Phi) is 4.52. The van der Waals surface area contributed by atoms with E-state index < -0.39 is 6.04 Å². The normalized spacial score (nSPS) is 19.0. The van der Waals surface area contributed by atoms with Crippen molar-refractivity contribution in [2.24, 2.45) is 5.73 Å². The van der Waals surface area contributed by atoms with Gasteiger partial charge in [-0.15, -0.1) is 0 Å².